The second-order valence-corrected chi connectivity index (χ2v) is 8.88. The molecule has 0 bridgehead atoms. The molecule has 0 atom stereocenters. The second-order valence-electron chi connectivity index (χ2n) is 7.73. The number of pyridine rings is 1. The number of nitrogens with two attached hydrogens (primary N) is 1. The fourth-order valence-electron chi connectivity index (χ4n) is 2.91. The minimum absolute atomic E-state index is 0.0534. The summed E-state index contributed by atoms with van der Waals surface area (Å²) in [6.07, 6.45) is 3.76. The van der Waals surface area contributed by atoms with Crippen LogP contribution in [-0.2, 0) is 14.1 Å². The maximum absolute atomic E-state index is 11.6. The third-order valence-corrected chi connectivity index (χ3v) is 6.08. The Morgan fingerprint density at radius 2 is 1.78 bits per heavy atom. The quantitative estimate of drug-likeness (QED) is 0.800. The average molecular weight is 384 g/mol. The van der Waals surface area contributed by atoms with Crippen LogP contribution in [0.2, 0.25) is 0 Å². The summed E-state index contributed by atoms with van der Waals surface area (Å²) in [7, 11) is -0.516. The highest BCUT2D eigenvalue weighted by Gasteiger charge is 2.52. The number of nitrogen functional groups attached to an aromatic ring is 1. The van der Waals surface area contributed by atoms with E-state index in [-0.39, 0.29) is 5.12 Å². The lowest BCUT2D eigenvalue weighted by molar-refractivity contribution is -0.109. The SMILES string of the molecule is CC(=O)SCC(=Cc1cnc(N)c2ccccc12)B1OC(C)(C)C(C)(C)O1. The summed E-state index contributed by atoms with van der Waals surface area (Å²) < 4.78 is 12.4. The van der Waals surface area contributed by atoms with Crippen LogP contribution in [0.5, 0.6) is 0 Å². The number of aromatic nitrogens is 1. The first-order valence-corrected chi connectivity index (χ1v) is 9.92. The number of anilines is 1. The molecule has 2 aromatic rings. The van der Waals surface area contributed by atoms with E-state index in [4.69, 9.17) is 15.0 Å². The Hall–Kier alpha value is -1.83. The van der Waals surface area contributed by atoms with Crippen molar-refractivity contribution < 1.29 is 14.1 Å². The highest BCUT2D eigenvalue weighted by molar-refractivity contribution is 8.13. The Morgan fingerprint density at radius 1 is 1.19 bits per heavy atom. The third-order valence-electron chi connectivity index (χ3n) is 5.20. The highest BCUT2D eigenvalue weighted by Crippen LogP contribution is 2.39. The lowest BCUT2D eigenvalue weighted by Crippen LogP contribution is -2.41. The molecule has 1 fully saturated rings. The van der Waals surface area contributed by atoms with Gasteiger partial charge < -0.3 is 15.0 Å². The van der Waals surface area contributed by atoms with Gasteiger partial charge in [0.15, 0.2) is 5.12 Å². The lowest BCUT2D eigenvalue weighted by atomic mass is 9.78. The zero-order valence-corrected chi connectivity index (χ0v) is 17.2. The van der Waals surface area contributed by atoms with Crippen molar-refractivity contribution >= 4 is 46.7 Å². The van der Waals surface area contributed by atoms with E-state index in [1.165, 1.54) is 11.8 Å². The van der Waals surface area contributed by atoms with E-state index in [0.29, 0.717) is 11.6 Å². The number of benzene rings is 1. The smallest absolute Gasteiger partial charge is 0.400 e. The largest absolute Gasteiger partial charge is 0.491 e. The van der Waals surface area contributed by atoms with Gasteiger partial charge in [-0.1, -0.05) is 42.1 Å². The Kier molecular flexibility index (Phi) is 5.39. The fourth-order valence-corrected chi connectivity index (χ4v) is 3.50. The Balaban J connectivity index is 2.04. The first-order valence-electron chi connectivity index (χ1n) is 8.93. The predicted molar refractivity (Wildman–Crippen MR) is 113 cm³/mol. The highest BCUT2D eigenvalue weighted by atomic mass is 32.2. The van der Waals surface area contributed by atoms with Crippen molar-refractivity contribution in [3.63, 3.8) is 0 Å². The number of hydrogen-bond acceptors (Lipinski definition) is 6. The number of carbonyl (C=O) groups excluding carboxylic acids is 1. The van der Waals surface area contributed by atoms with Crippen molar-refractivity contribution in [1.82, 2.24) is 4.98 Å². The van der Waals surface area contributed by atoms with E-state index in [9.17, 15) is 4.79 Å². The van der Waals surface area contributed by atoms with Gasteiger partial charge in [-0.05, 0) is 38.6 Å². The average Bonchev–Trinajstić information content (AvgIpc) is 2.81. The van der Waals surface area contributed by atoms with E-state index in [1.54, 1.807) is 13.1 Å². The minimum atomic E-state index is -0.516. The first-order chi connectivity index (χ1) is 12.6. The molecular weight excluding hydrogens is 359 g/mol. The van der Waals surface area contributed by atoms with E-state index in [2.05, 4.69) is 4.98 Å². The Labute approximate surface area is 164 Å². The van der Waals surface area contributed by atoms with Crippen molar-refractivity contribution in [1.29, 1.82) is 0 Å². The van der Waals surface area contributed by atoms with Crippen LogP contribution in [-0.4, -0.2) is 34.2 Å². The maximum atomic E-state index is 11.6. The maximum Gasteiger partial charge on any atom is 0.491 e. The molecule has 0 radical (unpaired) electrons. The molecule has 1 aliphatic rings. The normalized spacial score (nSPS) is 18.9. The summed E-state index contributed by atoms with van der Waals surface area (Å²) in [5.74, 6) is 0.989. The number of thioether (sulfide) groups is 1. The van der Waals surface area contributed by atoms with E-state index in [1.807, 2.05) is 58.0 Å². The van der Waals surface area contributed by atoms with Crippen LogP contribution in [0.15, 0.2) is 35.9 Å². The molecule has 27 heavy (non-hydrogen) atoms. The summed E-state index contributed by atoms with van der Waals surface area (Å²) in [6.45, 7) is 9.63. The zero-order chi connectivity index (χ0) is 19.8. The van der Waals surface area contributed by atoms with Crippen LogP contribution in [0.4, 0.5) is 5.82 Å². The molecule has 142 valence electrons. The van der Waals surface area contributed by atoms with Crippen LogP contribution in [0, 0.1) is 0 Å². The van der Waals surface area contributed by atoms with Crippen LogP contribution >= 0.6 is 11.8 Å². The van der Waals surface area contributed by atoms with Crippen molar-refractivity contribution in [2.24, 2.45) is 0 Å². The van der Waals surface area contributed by atoms with Crippen molar-refractivity contribution in [2.45, 2.75) is 45.8 Å². The van der Waals surface area contributed by atoms with Crippen LogP contribution in [0.3, 0.4) is 0 Å². The summed E-state index contributed by atoms with van der Waals surface area (Å²) >= 11 is 1.24. The number of hydrogen-bond donors (Lipinski definition) is 1. The number of rotatable bonds is 4. The van der Waals surface area contributed by atoms with Crippen LogP contribution in [0.1, 0.15) is 40.2 Å². The molecule has 0 unspecified atom stereocenters. The second kappa shape index (κ2) is 7.30. The molecule has 1 aromatic carbocycles. The van der Waals surface area contributed by atoms with Gasteiger partial charge in [0.1, 0.15) is 5.82 Å². The zero-order valence-electron chi connectivity index (χ0n) is 16.4. The van der Waals surface area contributed by atoms with Gasteiger partial charge in [0.2, 0.25) is 0 Å². The molecule has 0 spiro atoms. The fraction of sp³-hybridized carbons (Fsp3) is 0.400. The van der Waals surface area contributed by atoms with E-state index in [0.717, 1.165) is 21.8 Å². The molecule has 3 rings (SSSR count). The molecule has 1 saturated heterocycles. The minimum Gasteiger partial charge on any atom is -0.400 e. The molecule has 2 heterocycles. The lowest BCUT2D eigenvalue weighted by Gasteiger charge is -2.32. The van der Waals surface area contributed by atoms with Crippen molar-refractivity contribution in [2.75, 3.05) is 11.5 Å². The van der Waals surface area contributed by atoms with Crippen molar-refractivity contribution in [3.8, 4) is 0 Å². The van der Waals surface area contributed by atoms with Gasteiger partial charge in [-0.2, -0.15) is 0 Å². The van der Waals surface area contributed by atoms with Gasteiger partial charge in [0.25, 0.3) is 0 Å². The molecule has 2 N–H and O–H groups in total. The van der Waals surface area contributed by atoms with E-state index < -0.39 is 18.3 Å². The van der Waals surface area contributed by atoms with Crippen LogP contribution in [0.25, 0.3) is 16.8 Å². The Bertz CT molecular complexity index is 895. The molecule has 5 nitrogen and oxygen atoms in total. The molecule has 0 aliphatic carbocycles. The topological polar surface area (TPSA) is 74.4 Å². The van der Waals surface area contributed by atoms with Gasteiger partial charge >= 0.3 is 7.12 Å². The van der Waals surface area contributed by atoms with Crippen molar-refractivity contribution in [3.05, 3.63) is 41.5 Å². The molecule has 0 amide bonds. The Morgan fingerprint density at radius 3 is 2.37 bits per heavy atom. The first kappa shape index (κ1) is 19.9. The summed E-state index contributed by atoms with van der Waals surface area (Å²) in [6, 6.07) is 7.87. The molecule has 1 aromatic heterocycles. The van der Waals surface area contributed by atoms with Gasteiger partial charge in [-0.25, -0.2) is 4.98 Å². The number of carbonyl (C=O) groups is 1. The molecular formula is C20H25BN2O3S. The summed E-state index contributed by atoms with van der Waals surface area (Å²) in [5, 5.41) is 1.96. The number of fused-ring (bicyclic) bond motifs is 1. The molecule has 0 saturated carbocycles. The van der Waals surface area contributed by atoms with Crippen LogP contribution < -0.4 is 5.73 Å². The van der Waals surface area contributed by atoms with E-state index >= 15 is 0 Å². The molecule has 7 heteroatoms. The van der Waals surface area contributed by atoms with Gasteiger partial charge in [0, 0.05) is 29.8 Å². The van der Waals surface area contributed by atoms with Gasteiger partial charge in [-0.15, -0.1) is 0 Å². The standard InChI is InChI=1S/C20H25BN2O3S/c1-13(24)27-12-15(21-25-19(2,3)20(4,5)26-21)10-14-11-23-18(22)17-9-7-6-8-16(14)17/h6-11H,12H2,1-5H3,(H2,22,23). The third kappa shape index (κ3) is 4.05. The van der Waals surface area contributed by atoms with Gasteiger partial charge in [0.05, 0.1) is 11.2 Å². The predicted octanol–water partition coefficient (Wildman–Crippen LogP) is 4.11. The monoisotopic (exact) mass is 384 g/mol. The van der Waals surface area contributed by atoms with Gasteiger partial charge in [-0.3, -0.25) is 4.79 Å². The summed E-state index contributed by atoms with van der Waals surface area (Å²) in [5.41, 5.74) is 6.95. The number of nitrogens with zero attached hydrogens (tertiary/aromatic N) is 1. The summed E-state index contributed by atoms with van der Waals surface area (Å²) in [4.78, 5) is 15.9. The molecule has 1 aliphatic heterocycles.